The normalized spacial score (nSPS) is 23.9. The maximum absolute atomic E-state index is 12.8. The summed E-state index contributed by atoms with van der Waals surface area (Å²) in [5, 5.41) is 4.71. The highest BCUT2D eigenvalue weighted by molar-refractivity contribution is 6.30. The molecule has 1 aromatic carbocycles. The van der Waals surface area contributed by atoms with E-state index >= 15 is 0 Å². The molecule has 2 saturated heterocycles. The maximum atomic E-state index is 12.8. The summed E-state index contributed by atoms with van der Waals surface area (Å²) in [6.07, 6.45) is 3.71. The van der Waals surface area contributed by atoms with Gasteiger partial charge in [0.2, 0.25) is 11.8 Å². The average Bonchev–Trinajstić information content (AvgIpc) is 3.34. The van der Waals surface area contributed by atoms with Gasteiger partial charge in [-0.1, -0.05) is 35.9 Å². The number of rotatable bonds is 4. The van der Waals surface area contributed by atoms with Gasteiger partial charge in [0.1, 0.15) is 0 Å². The fourth-order valence-electron chi connectivity index (χ4n) is 4.72. The Kier molecular flexibility index (Phi) is 5.15. The Balaban J connectivity index is 1.47. The molecule has 2 aromatic rings. The molecule has 0 bridgehead atoms. The minimum absolute atomic E-state index is 0.0476. The summed E-state index contributed by atoms with van der Waals surface area (Å²) in [6, 6.07) is 8.31. The van der Waals surface area contributed by atoms with Crippen molar-refractivity contribution in [1.29, 1.82) is 0 Å². The Hall–Kier alpha value is -2.34. The van der Waals surface area contributed by atoms with Crippen molar-refractivity contribution >= 4 is 23.4 Å². The molecule has 0 spiro atoms. The topological polar surface area (TPSA) is 58.4 Å². The summed E-state index contributed by atoms with van der Waals surface area (Å²) >= 11 is 5.88. The number of likely N-dealkylation sites (tertiary alicyclic amines) is 2. The fourth-order valence-corrected chi connectivity index (χ4v) is 4.88. The van der Waals surface area contributed by atoms with E-state index in [2.05, 4.69) is 24.2 Å². The van der Waals surface area contributed by atoms with Crippen molar-refractivity contribution in [3.63, 3.8) is 0 Å². The van der Waals surface area contributed by atoms with E-state index in [9.17, 15) is 9.59 Å². The van der Waals surface area contributed by atoms with Crippen molar-refractivity contribution in [3.8, 4) is 0 Å². The van der Waals surface area contributed by atoms with Crippen molar-refractivity contribution in [3.05, 3.63) is 52.8 Å². The zero-order valence-corrected chi connectivity index (χ0v) is 17.0. The molecule has 0 unspecified atom stereocenters. The van der Waals surface area contributed by atoms with Crippen LogP contribution in [-0.4, -0.2) is 51.0 Å². The van der Waals surface area contributed by atoms with Gasteiger partial charge in [-0.3, -0.25) is 14.3 Å². The van der Waals surface area contributed by atoms with Gasteiger partial charge in [0.25, 0.3) is 0 Å². The van der Waals surface area contributed by atoms with Gasteiger partial charge in [0.15, 0.2) is 0 Å². The quantitative estimate of drug-likeness (QED) is 0.792. The summed E-state index contributed by atoms with van der Waals surface area (Å²) in [6.45, 7) is 6.40. The van der Waals surface area contributed by atoms with Crippen LogP contribution in [0.25, 0.3) is 0 Å². The van der Waals surface area contributed by atoms with E-state index in [0.717, 1.165) is 13.1 Å². The lowest BCUT2D eigenvalue weighted by Gasteiger charge is -2.30. The molecule has 3 heterocycles. The lowest BCUT2D eigenvalue weighted by Crippen LogP contribution is -2.37. The predicted octanol–water partition coefficient (Wildman–Crippen LogP) is 2.91. The van der Waals surface area contributed by atoms with Gasteiger partial charge in [-0.2, -0.15) is 5.10 Å². The van der Waals surface area contributed by atoms with Crippen molar-refractivity contribution < 1.29 is 9.59 Å². The molecule has 0 saturated carbocycles. The number of fused-ring (bicyclic) bond motifs is 1. The molecule has 2 fully saturated rings. The van der Waals surface area contributed by atoms with Gasteiger partial charge in [-0.15, -0.1) is 0 Å². The number of benzene rings is 1. The molecule has 0 N–H and O–H groups in total. The summed E-state index contributed by atoms with van der Waals surface area (Å²) in [5.41, 5.74) is 2.39. The SMILES string of the molecule is CC(=O)N1C[C@H]2CN(C(=O)CCn3cc(Cl)cn3)C[C@H]2[C@@H]1c1ccccc1C. The summed E-state index contributed by atoms with van der Waals surface area (Å²) in [4.78, 5) is 29.0. The van der Waals surface area contributed by atoms with Crippen molar-refractivity contribution in [2.24, 2.45) is 11.8 Å². The largest absolute Gasteiger partial charge is 0.342 e. The first kappa shape index (κ1) is 19.0. The van der Waals surface area contributed by atoms with E-state index in [1.165, 1.54) is 11.1 Å². The van der Waals surface area contributed by atoms with Gasteiger partial charge >= 0.3 is 0 Å². The van der Waals surface area contributed by atoms with Crippen LogP contribution in [0.1, 0.15) is 30.5 Å². The molecule has 2 aliphatic heterocycles. The summed E-state index contributed by atoms with van der Waals surface area (Å²) in [7, 11) is 0. The highest BCUT2D eigenvalue weighted by Gasteiger charge is 2.49. The first-order valence-corrected chi connectivity index (χ1v) is 10.1. The smallest absolute Gasteiger partial charge is 0.224 e. The average molecular weight is 401 g/mol. The van der Waals surface area contributed by atoms with Crippen LogP contribution < -0.4 is 0 Å². The molecule has 3 atom stereocenters. The second-order valence-corrected chi connectivity index (χ2v) is 8.30. The predicted molar refractivity (Wildman–Crippen MR) is 107 cm³/mol. The molecule has 2 aliphatic rings. The minimum atomic E-state index is 0.0476. The number of amides is 2. The molecular weight excluding hydrogens is 376 g/mol. The third-order valence-corrected chi connectivity index (χ3v) is 6.28. The van der Waals surface area contributed by atoms with E-state index in [1.54, 1.807) is 24.0 Å². The van der Waals surface area contributed by atoms with Gasteiger partial charge in [-0.25, -0.2) is 0 Å². The van der Waals surface area contributed by atoms with Crippen LogP contribution >= 0.6 is 11.6 Å². The van der Waals surface area contributed by atoms with E-state index in [4.69, 9.17) is 11.6 Å². The molecule has 0 radical (unpaired) electrons. The summed E-state index contributed by atoms with van der Waals surface area (Å²) in [5.74, 6) is 0.861. The molecule has 6 nitrogen and oxygen atoms in total. The summed E-state index contributed by atoms with van der Waals surface area (Å²) < 4.78 is 1.70. The Morgan fingerprint density at radius 1 is 1.21 bits per heavy atom. The minimum Gasteiger partial charge on any atom is -0.342 e. The molecule has 28 heavy (non-hydrogen) atoms. The molecular formula is C21H25ClN4O2. The van der Waals surface area contributed by atoms with Crippen LogP contribution in [-0.2, 0) is 16.1 Å². The molecule has 148 valence electrons. The monoisotopic (exact) mass is 400 g/mol. The van der Waals surface area contributed by atoms with Gasteiger partial charge in [-0.05, 0) is 18.1 Å². The van der Waals surface area contributed by atoms with Crippen LogP contribution in [0.15, 0.2) is 36.7 Å². The first-order valence-electron chi connectivity index (χ1n) is 9.72. The fraction of sp³-hybridized carbons (Fsp3) is 0.476. The Morgan fingerprint density at radius 2 is 2.00 bits per heavy atom. The second-order valence-electron chi connectivity index (χ2n) is 7.87. The van der Waals surface area contributed by atoms with Crippen molar-refractivity contribution in [2.45, 2.75) is 32.9 Å². The van der Waals surface area contributed by atoms with E-state index < -0.39 is 0 Å². The highest BCUT2D eigenvalue weighted by Crippen LogP contribution is 2.45. The van der Waals surface area contributed by atoms with Gasteiger partial charge in [0, 0.05) is 57.6 Å². The van der Waals surface area contributed by atoms with Gasteiger partial charge < -0.3 is 9.80 Å². The zero-order chi connectivity index (χ0) is 19.8. The van der Waals surface area contributed by atoms with Crippen LogP contribution in [0, 0.1) is 18.8 Å². The standard InChI is InChI=1S/C21H25ClN4O2/c1-14-5-3-4-6-18(14)21-19-13-24(10-16(19)11-26(21)15(2)27)20(28)7-8-25-12-17(22)9-23-25/h3-6,9,12,16,19,21H,7-8,10-11,13H2,1-2H3/t16-,19-,21+/m1/s1. The number of carbonyl (C=O) groups excluding carboxylic acids is 2. The van der Waals surface area contributed by atoms with Crippen molar-refractivity contribution in [2.75, 3.05) is 19.6 Å². The number of halogens is 1. The third kappa shape index (κ3) is 3.53. The first-order chi connectivity index (χ1) is 13.4. The molecule has 7 heteroatoms. The second kappa shape index (κ2) is 7.59. The zero-order valence-electron chi connectivity index (χ0n) is 16.2. The number of carbonyl (C=O) groups is 2. The highest BCUT2D eigenvalue weighted by atomic mass is 35.5. The van der Waals surface area contributed by atoms with E-state index in [1.807, 2.05) is 21.9 Å². The molecule has 1 aromatic heterocycles. The van der Waals surface area contributed by atoms with Crippen LogP contribution in [0.4, 0.5) is 0 Å². The Bertz CT molecular complexity index is 896. The Morgan fingerprint density at radius 3 is 2.68 bits per heavy atom. The van der Waals surface area contributed by atoms with Crippen LogP contribution in [0.2, 0.25) is 5.02 Å². The van der Waals surface area contributed by atoms with E-state index in [0.29, 0.717) is 30.5 Å². The number of hydrogen-bond acceptors (Lipinski definition) is 3. The molecule has 4 rings (SSSR count). The lowest BCUT2D eigenvalue weighted by atomic mass is 9.87. The lowest BCUT2D eigenvalue weighted by molar-refractivity contribution is -0.132. The maximum Gasteiger partial charge on any atom is 0.224 e. The van der Waals surface area contributed by atoms with E-state index in [-0.39, 0.29) is 23.8 Å². The molecule has 0 aliphatic carbocycles. The van der Waals surface area contributed by atoms with Gasteiger partial charge in [0.05, 0.1) is 17.3 Å². The molecule has 2 amide bonds. The van der Waals surface area contributed by atoms with Crippen molar-refractivity contribution in [1.82, 2.24) is 19.6 Å². The Labute approximate surface area is 170 Å². The third-order valence-electron chi connectivity index (χ3n) is 6.08. The van der Waals surface area contributed by atoms with Crippen LogP contribution in [0.5, 0.6) is 0 Å². The number of nitrogens with zero attached hydrogens (tertiary/aromatic N) is 4. The number of aromatic nitrogens is 2. The van der Waals surface area contributed by atoms with Crippen LogP contribution in [0.3, 0.4) is 0 Å². The number of aryl methyl sites for hydroxylation is 2. The number of hydrogen-bond donors (Lipinski definition) is 0.